The van der Waals surface area contributed by atoms with E-state index in [2.05, 4.69) is 0 Å². The summed E-state index contributed by atoms with van der Waals surface area (Å²) >= 11 is 0. The van der Waals surface area contributed by atoms with E-state index in [0.717, 1.165) is 19.3 Å². The van der Waals surface area contributed by atoms with Gasteiger partial charge in [-0.15, -0.1) is 12.4 Å². The van der Waals surface area contributed by atoms with Crippen LogP contribution in [0.1, 0.15) is 37.3 Å². The van der Waals surface area contributed by atoms with E-state index in [9.17, 15) is 8.42 Å². The summed E-state index contributed by atoms with van der Waals surface area (Å²) in [6.07, 6.45) is 2.71. The van der Waals surface area contributed by atoms with Crippen molar-refractivity contribution < 1.29 is 8.42 Å². The van der Waals surface area contributed by atoms with Crippen molar-refractivity contribution in [1.82, 2.24) is 4.31 Å². The van der Waals surface area contributed by atoms with Crippen molar-refractivity contribution in [2.75, 3.05) is 6.54 Å². The van der Waals surface area contributed by atoms with Crippen molar-refractivity contribution in [2.45, 2.75) is 44.0 Å². The number of hydrogen-bond donors (Lipinski definition) is 1. The average Bonchev–Trinajstić information content (AvgIpc) is 2.47. The van der Waals surface area contributed by atoms with E-state index in [0.29, 0.717) is 17.7 Å². The van der Waals surface area contributed by atoms with Crippen molar-refractivity contribution in [3.63, 3.8) is 0 Å². The first kappa shape index (κ1) is 18.9. The Morgan fingerprint density at radius 2 is 2.18 bits per heavy atom. The summed E-state index contributed by atoms with van der Waals surface area (Å²) in [6.45, 7) is 2.39. The molecular formula is C15H22ClN3O2S. The number of rotatable bonds is 4. The lowest BCUT2D eigenvalue weighted by molar-refractivity contribution is 0.227. The molecule has 2 unspecified atom stereocenters. The minimum Gasteiger partial charge on any atom is -0.326 e. The number of nitrogens with two attached hydrogens (primary N) is 1. The topological polar surface area (TPSA) is 87.2 Å². The van der Waals surface area contributed by atoms with Gasteiger partial charge < -0.3 is 5.73 Å². The van der Waals surface area contributed by atoms with Gasteiger partial charge >= 0.3 is 0 Å². The summed E-state index contributed by atoms with van der Waals surface area (Å²) < 4.78 is 26.9. The Hall–Kier alpha value is -1.13. The lowest BCUT2D eigenvalue weighted by atomic mass is 10.00. The molecule has 0 bridgehead atoms. The second kappa shape index (κ2) is 7.93. The molecule has 22 heavy (non-hydrogen) atoms. The summed E-state index contributed by atoms with van der Waals surface area (Å²) in [7, 11) is -3.41. The zero-order chi connectivity index (χ0) is 15.5. The molecule has 0 radical (unpaired) electrons. The molecular weight excluding hydrogens is 322 g/mol. The Bertz CT molecular complexity index is 640. The minimum absolute atomic E-state index is 0. The first-order valence-corrected chi connectivity index (χ1v) is 8.79. The largest absolute Gasteiger partial charge is 0.326 e. The Kier molecular flexibility index (Phi) is 6.82. The van der Waals surface area contributed by atoms with Crippen LogP contribution in [0.15, 0.2) is 24.3 Å². The van der Waals surface area contributed by atoms with E-state index < -0.39 is 10.0 Å². The van der Waals surface area contributed by atoms with Gasteiger partial charge in [0.1, 0.15) is 0 Å². The number of nitrogens with zero attached hydrogens (tertiary/aromatic N) is 2. The van der Waals surface area contributed by atoms with Crippen molar-refractivity contribution >= 4 is 22.4 Å². The monoisotopic (exact) mass is 343 g/mol. The van der Waals surface area contributed by atoms with Gasteiger partial charge in [-0.1, -0.05) is 18.6 Å². The third-order valence-corrected chi connectivity index (χ3v) is 5.73. The minimum atomic E-state index is -3.41. The van der Waals surface area contributed by atoms with Gasteiger partial charge in [-0.2, -0.15) is 9.57 Å². The number of hydrogen-bond acceptors (Lipinski definition) is 4. The zero-order valence-electron chi connectivity index (χ0n) is 12.6. The Morgan fingerprint density at radius 1 is 1.45 bits per heavy atom. The number of nitriles is 1. The van der Waals surface area contributed by atoms with Gasteiger partial charge in [0.15, 0.2) is 0 Å². The van der Waals surface area contributed by atoms with Crippen molar-refractivity contribution in [1.29, 1.82) is 5.26 Å². The summed E-state index contributed by atoms with van der Waals surface area (Å²) in [4.78, 5) is 0. The van der Waals surface area contributed by atoms with Gasteiger partial charge in [0.05, 0.1) is 17.4 Å². The first-order chi connectivity index (χ1) is 9.94. The summed E-state index contributed by atoms with van der Waals surface area (Å²) in [5, 5.41) is 8.90. The predicted molar refractivity (Wildman–Crippen MR) is 89.0 cm³/mol. The standard InChI is InChI=1S/C15H21N3O2S.ClH/c1-12(17)15-7-2-3-8-18(15)21(19,20)11-14-6-4-5-13(9-14)10-16;/h4-6,9,12,15H,2-3,7-8,11,17H2,1H3;1H. The number of sulfonamides is 1. The molecule has 0 saturated carbocycles. The van der Waals surface area contributed by atoms with Gasteiger partial charge in [0, 0.05) is 18.6 Å². The second-order valence-corrected chi connectivity index (χ2v) is 7.52. The molecule has 1 heterocycles. The van der Waals surface area contributed by atoms with E-state index in [1.54, 1.807) is 28.6 Å². The molecule has 2 N–H and O–H groups in total. The zero-order valence-corrected chi connectivity index (χ0v) is 14.2. The fourth-order valence-electron chi connectivity index (χ4n) is 2.83. The molecule has 7 heteroatoms. The van der Waals surface area contributed by atoms with Gasteiger partial charge in [-0.05, 0) is 37.5 Å². The van der Waals surface area contributed by atoms with E-state index in [-0.39, 0.29) is 30.2 Å². The molecule has 2 rings (SSSR count). The SMILES string of the molecule is CC(N)C1CCCCN1S(=O)(=O)Cc1cccc(C#N)c1.Cl. The molecule has 0 spiro atoms. The highest BCUT2D eigenvalue weighted by atomic mass is 35.5. The third-order valence-electron chi connectivity index (χ3n) is 3.87. The maximum absolute atomic E-state index is 12.7. The summed E-state index contributed by atoms with van der Waals surface area (Å²) in [6, 6.07) is 8.48. The molecule has 5 nitrogen and oxygen atoms in total. The van der Waals surface area contributed by atoms with Crippen molar-refractivity contribution in [3.8, 4) is 6.07 Å². The van der Waals surface area contributed by atoms with Crippen LogP contribution < -0.4 is 5.73 Å². The maximum Gasteiger partial charge on any atom is 0.218 e. The highest BCUT2D eigenvalue weighted by Crippen LogP contribution is 2.24. The smallest absolute Gasteiger partial charge is 0.218 e. The number of piperidine rings is 1. The quantitative estimate of drug-likeness (QED) is 0.905. The van der Waals surface area contributed by atoms with Crippen LogP contribution in [0.3, 0.4) is 0 Å². The molecule has 1 aromatic carbocycles. The van der Waals surface area contributed by atoms with Gasteiger partial charge in [-0.25, -0.2) is 8.42 Å². The summed E-state index contributed by atoms with van der Waals surface area (Å²) in [5.74, 6) is -0.0776. The van der Waals surface area contributed by atoms with Crippen LogP contribution in [-0.2, 0) is 15.8 Å². The molecule has 1 fully saturated rings. The van der Waals surface area contributed by atoms with Crippen LogP contribution in [0.2, 0.25) is 0 Å². The maximum atomic E-state index is 12.7. The number of halogens is 1. The lowest BCUT2D eigenvalue weighted by Gasteiger charge is -2.36. The Morgan fingerprint density at radius 3 is 2.82 bits per heavy atom. The molecule has 1 aliphatic rings. The lowest BCUT2D eigenvalue weighted by Crippen LogP contribution is -2.51. The molecule has 1 aliphatic heterocycles. The van der Waals surface area contributed by atoms with E-state index in [1.165, 1.54) is 0 Å². The van der Waals surface area contributed by atoms with Crippen LogP contribution in [0.25, 0.3) is 0 Å². The summed E-state index contributed by atoms with van der Waals surface area (Å²) in [5.41, 5.74) is 7.06. The average molecular weight is 344 g/mol. The molecule has 2 atom stereocenters. The first-order valence-electron chi connectivity index (χ1n) is 7.18. The van der Waals surface area contributed by atoms with Gasteiger partial charge in [0.25, 0.3) is 0 Å². The van der Waals surface area contributed by atoms with E-state index in [4.69, 9.17) is 11.0 Å². The van der Waals surface area contributed by atoms with Crippen LogP contribution in [0, 0.1) is 11.3 Å². The van der Waals surface area contributed by atoms with Crippen LogP contribution >= 0.6 is 12.4 Å². The Balaban J connectivity index is 0.00000242. The van der Waals surface area contributed by atoms with E-state index in [1.807, 2.05) is 13.0 Å². The predicted octanol–water partition coefficient (Wildman–Crippen LogP) is 2.01. The van der Waals surface area contributed by atoms with Gasteiger partial charge in [-0.3, -0.25) is 0 Å². The number of benzene rings is 1. The van der Waals surface area contributed by atoms with Gasteiger partial charge in [0.2, 0.25) is 10.0 Å². The molecule has 0 aliphatic carbocycles. The fraction of sp³-hybridized carbons (Fsp3) is 0.533. The van der Waals surface area contributed by atoms with Crippen molar-refractivity contribution in [2.24, 2.45) is 5.73 Å². The highest BCUT2D eigenvalue weighted by molar-refractivity contribution is 7.88. The van der Waals surface area contributed by atoms with Crippen LogP contribution in [0.5, 0.6) is 0 Å². The molecule has 0 amide bonds. The molecule has 122 valence electrons. The highest BCUT2D eigenvalue weighted by Gasteiger charge is 2.34. The van der Waals surface area contributed by atoms with Crippen LogP contribution in [0.4, 0.5) is 0 Å². The second-order valence-electron chi connectivity index (χ2n) is 5.60. The normalized spacial score (nSPS) is 20.7. The Labute approximate surface area is 138 Å². The molecule has 1 aromatic rings. The fourth-order valence-corrected chi connectivity index (χ4v) is 4.71. The van der Waals surface area contributed by atoms with Crippen LogP contribution in [-0.4, -0.2) is 31.4 Å². The van der Waals surface area contributed by atoms with E-state index >= 15 is 0 Å². The molecule has 1 saturated heterocycles. The molecule has 0 aromatic heterocycles. The van der Waals surface area contributed by atoms with Crippen molar-refractivity contribution in [3.05, 3.63) is 35.4 Å². The third kappa shape index (κ3) is 4.43.